The normalized spacial score (nSPS) is 16.4. The van der Waals surface area contributed by atoms with E-state index in [9.17, 15) is 0 Å². The lowest BCUT2D eigenvalue weighted by atomic mass is 10.1. The van der Waals surface area contributed by atoms with Crippen molar-refractivity contribution < 1.29 is 9.47 Å². The summed E-state index contributed by atoms with van der Waals surface area (Å²) in [5.41, 5.74) is 0.223. The van der Waals surface area contributed by atoms with Gasteiger partial charge in [0, 0.05) is 17.8 Å². The van der Waals surface area contributed by atoms with E-state index in [4.69, 9.17) is 21.1 Å². The number of alkyl halides is 1. The Morgan fingerprint density at radius 2 is 1.88 bits per heavy atom. The van der Waals surface area contributed by atoms with Crippen LogP contribution in [0.5, 0.6) is 11.8 Å². The van der Waals surface area contributed by atoms with Crippen LogP contribution in [0.15, 0.2) is 6.07 Å². The van der Waals surface area contributed by atoms with Gasteiger partial charge < -0.3 is 14.8 Å². The molecule has 1 heterocycles. The molecule has 1 aliphatic rings. The van der Waals surface area contributed by atoms with Gasteiger partial charge in [0.05, 0.1) is 20.3 Å². The lowest BCUT2D eigenvalue weighted by Gasteiger charge is -2.13. The molecule has 6 heteroatoms. The van der Waals surface area contributed by atoms with Crippen LogP contribution in [0.4, 0.5) is 5.95 Å². The summed E-state index contributed by atoms with van der Waals surface area (Å²) >= 11 is 5.91. The number of halogens is 1. The van der Waals surface area contributed by atoms with Gasteiger partial charge in [-0.05, 0) is 12.8 Å². The summed E-state index contributed by atoms with van der Waals surface area (Å²) in [5, 5.41) is 3.18. The monoisotopic (exact) mass is 257 g/mol. The largest absolute Gasteiger partial charge is 0.481 e. The molecule has 1 fully saturated rings. The SMILES string of the molecule is COc1cc(OC)nc(NCC2(CCl)CC2)n1. The molecule has 0 amide bonds. The molecule has 0 aliphatic heterocycles. The van der Waals surface area contributed by atoms with Crippen molar-refractivity contribution in [2.45, 2.75) is 12.8 Å². The molecular weight excluding hydrogens is 242 g/mol. The fraction of sp³-hybridized carbons (Fsp3) is 0.636. The van der Waals surface area contributed by atoms with Crippen LogP contribution in [-0.2, 0) is 0 Å². The van der Waals surface area contributed by atoms with Crippen molar-refractivity contribution in [1.82, 2.24) is 9.97 Å². The quantitative estimate of drug-likeness (QED) is 0.789. The number of anilines is 1. The first kappa shape index (κ1) is 12.2. The fourth-order valence-corrected chi connectivity index (χ4v) is 1.85. The van der Waals surface area contributed by atoms with E-state index >= 15 is 0 Å². The molecule has 0 saturated heterocycles. The molecule has 94 valence electrons. The van der Waals surface area contributed by atoms with Gasteiger partial charge in [0.25, 0.3) is 0 Å². The van der Waals surface area contributed by atoms with E-state index in [0.717, 1.165) is 19.4 Å². The smallest absolute Gasteiger partial charge is 0.229 e. The van der Waals surface area contributed by atoms with E-state index < -0.39 is 0 Å². The van der Waals surface area contributed by atoms with Crippen molar-refractivity contribution in [3.63, 3.8) is 0 Å². The van der Waals surface area contributed by atoms with E-state index in [1.54, 1.807) is 20.3 Å². The van der Waals surface area contributed by atoms with Crippen LogP contribution in [0.25, 0.3) is 0 Å². The van der Waals surface area contributed by atoms with Crippen molar-refractivity contribution in [2.75, 3.05) is 32.0 Å². The number of methoxy groups -OCH3 is 2. The Balaban J connectivity index is 2.04. The minimum Gasteiger partial charge on any atom is -0.481 e. The highest BCUT2D eigenvalue weighted by atomic mass is 35.5. The Hall–Kier alpha value is -1.23. The molecule has 1 aromatic heterocycles. The fourth-order valence-electron chi connectivity index (χ4n) is 1.49. The van der Waals surface area contributed by atoms with Gasteiger partial charge in [-0.1, -0.05) is 0 Å². The predicted molar refractivity (Wildman–Crippen MR) is 66.0 cm³/mol. The molecule has 1 aliphatic carbocycles. The van der Waals surface area contributed by atoms with Crippen LogP contribution < -0.4 is 14.8 Å². The molecule has 0 radical (unpaired) electrons. The summed E-state index contributed by atoms with van der Waals surface area (Å²) in [6, 6.07) is 1.64. The highest BCUT2D eigenvalue weighted by molar-refractivity contribution is 6.18. The van der Waals surface area contributed by atoms with Crippen LogP contribution in [0.1, 0.15) is 12.8 Å². The zero-order valence-corrected chi connectivity index (χ0v) is 10.8. The molecular formula is C11H16ClN3O2. The van der Waals surface area contributed by atoms with Crippen LogP contribution in [-0.4, -0.2) is 36.6 Å². The minimum atomic E-state index is 0.223. The molecule has 5 nitrogen and oxygen atoms in total. The standard InChI is InChI=1S/C11H16ClN3O2/c1-16-8-5-9(17-2)15-10(14-8)13-7-11(6-12)3-4-11/h5H,3-4,6-7H2,1-2H3,(H,13,14,15). The number of aromatic nitrogens is 2. The third-order valence-corrected chi connectivity index (χ3v) is 3.53. The molecule has 0 atom stereocenters. The second kappa shape index (κ2) is 4.96. The lowest BCUT2D eigenvalue weighted by molar-refractivity contribution is 0.372. The Bertz CT molecular complexity index is 374. The third-order valence-electron chi connectivity index (χ3n) is 2.96. The lowest BCUT2D eigenvalue weighted by Crippen LogP contribution is -2.18. The molecule has 0 unspecified atom stereocenters. The predicted octanol–water partition coefficient (Wildman–Crippen LogP) is 1.92. The minimum absolute atomic E-state index is 0.223. The molecule has 1 saturated carbocycles. The summed E-state index contributed by atoms with van der Waals surface area (Å²) < 4.78 is 10.1. The van der Waals surface area contributed by atoms with Crippen molar-refractivity contribution >= 4 is 17.5 Å². The maximum atomic E-state index is 5.91. The van der Waals surface area contributed by atoms with Gasteiger partial charge in [-0.3, -0.25) is 0 Å². The summed E-state index contributed by atoms with van der Waals surface area (Å²) in [4.78, 5) is 8.39. The Morgan fingerprint density at radius 3 is 2.29 bits per heavy atom. The van der Waals surface area contributed by atoms with Crippen LogP contribution >= 0.6 is 11.6 Å². The van der Waals surface area contributed by atoms with Gasteiger partial charge in [0.2, 0.25) is 17.7 Å². The number of hydrogen-bond donors (Lipinski definition) is 1. The first-order valence-electron chi connectivity index (χ1n) is 5.48. The molecule has 0 aromatic carbocycles. The number of nitrogens with zero attached hydrogens (tertiary/aromatic N) is 2. The van der Waals surface area contributed by atoms with Gasteiger partial charge in [0.1, 0.15) is 0 Å². The van der Waals surface area contributed by atoms with Gasteiger partial charge in [-0.25, -0.2) is 0 Å². The maximum absolute atomic E-state index is 5.91. The van der Waals surface area contributed by atoms with Gasteiger partial charge in [0.15, 0.2) is 0 Å². The number of ether oxygens (including phenoxy) is 2. The van der Waals surface area contributed by atoms with Crippen molar-refractivity contribution in [3.8, 4) is 11.8 Å². The number of nitrogens with one attached hydrogen (secondary N) is 1. The highest BCUT2D eigenvalue weighted by Crippen LogP contribution is 2.46. The summed E-state index contributed by atoms with van der Waals surface area (Å²) in [6.45, 7) is 0.785. The number of rotatable bonds is 6. The average Bonchev–Trinajstić information content (AvgIpc) is 3.16. The molecule has 0 spiro atoms. The molecule has 1 aromatic rings. The second-order valence-corrected chi connectivity index (χ2v) is 4.53. The van der Waals surface area contributed by atoms with Crippen LogP contribution in [0.3, 0.4) is 0 Å². The number of hydrogen-bond acceptors (Lipinski definition) is 5. The van der Waals surface area contributed by atoms with Crippen LogP contribution in [0.2, 0.25) is 0 Å². The van der Waals surface area contributed by atoms with Gasteiger partial charge >= 0.3 is 0 Å². The topological polar surface area (TPSA) is 56.3 Å². The van der Waals surface area contributed by atoms with Crippen molar-refractivity contribution in [1.29, 1.82) is 0 Å². The Labute approximate surface area is 105 Å². The van der Waals surface area contributed by atoms with Gasteiger partial charge in [-0.2, -0.15) is 9.97 Å². The summed E-state index contributed by atoms with van der Waals surface area (Å²) in [6.07, 6.45) is 2.31. The van der Waals surface area contributed by atoms with Gasteiger partial charge in [-0.15, -0.1) is 11.6 Å². The second-order valence-electron chi connectivity index (χ2n) is 4.26. The maximum Gasteiger partial charge on any atom is 0.229 e. The first-order chi connectivity index (χ1) is 8.21. The van der Waals surface area contributed by atoms with E-state index in [2.05, 4.69) is 15.3 Å². The van der Waals surface area contributed by atoms with E-state index in [1.165, 1.54) is 0 Å². The Morgan fingerprint density at radius 1 is 1.29 bits per heavy atom. The molecule has 1 N–H and O–H groups in total. The summed E-state index contributed by atoms with van der Waals surface area (Å²) in [5.74, 6) is 2.14. The average molecular weight is 258 g/mol. The van der Waals surface area contributed by atoms with Crippen molar-refractivity contribution in [2.24, 2.45) is 5.41 Å². The highest BCUT2D eigenvalue weighted by Gasteiger charge is 2.41. The first-order valence-corrected chi connectivity index (χ1v) is 6.02. The van der Waals surface area contributed by atoms with Crippen molar-refractivity contribution in [3.05, 3.63) is 6.07 Å². The zero-order valence-electron chi connectivity index (χ0n) is 9.99. The zero-order chi connectivity index (χ0) is 12.3. The van der Waals surface area contributed by atoms with E-state index in [0.29, 0.717) is 23.6 Å². The van der Waals surface area contributed by atoms with Crippen LogP contribution in [0, 0.1) is 5.41 Å². The molecule has 17 heavy (non-hydrogen) atoms. The third kappa shape index (κ3) is 2.91. The van der Waals surface area contributed by atoms with E-state index in [1.807, 2.05) is 0 Å². The Kier molecular flexibility index (Phi) is 3.57. The summed E-state index contributed by atoms with van der Waals surface area (Å²) in [7, 11) is 3.12. The van der Waals surface area contributed by atoms with E-state index in [-0.39, 0.29) is 5.41 Å². The molecule has 2 rings (SSSR count). The molecule has 0 bridgehead atoms.